The summed E-state index contributed by atoms with van der Waals surface area (Å²) in [4.78, 5) is 29.3. The molecule has 21 heavy (non-hydrogen) atoms. The highest BCUT2D eigenvalue weighted by molar-refractivity contribution is 5.94. The van der Waals surface area contributed by atoms with Crippen LogP contribution in [-0.2, 0) is 4.79 Å². The van der Waals surface area contributed by atoms with Gasteiger partial charge < -0.3 is 10.2 Å². The van der Waals surface area contributed by atoms with E-state index in [0.29, 0.717) is 25.9 Å². The maximum Gasteiger partial charge on any atom is 0.256 e. The third-order valence-electron chi connectivity index (χ3n) is 4.07. The molecule has 1 aliphatic heterocycles. The quantitative estimate of drug-likeness (QED) is 0.855. The molecule has 0 aromatic carbocycles. The van der Waals surface area contributed by atoms with Gasteiger partial charge in [0.25, 0.3) is 5.91 Å². The first kappa shape index (κ1) is 14.0. The number of halogens is 1. The van der Waals surface area contributed by atoms with Crippen molar-refractivity contribution in [3.63, 3.8) is 0 Å². The molecule has 0 unspecified atom stereocenters. The van der Waals surface area contributed by atoms with Gasteiger partial charge in [0.05, 0.1) is 5.56 Å². The van der Waals surface area contributed by atoms with E-state index in [1.54, 1.807) is 0 Å². The average molecular weight is 291 g/mol. The maximum atomic E-state index is 13.4. The van der Waals surface area contributed by atoms with Gasteiger partial charge in [-0.05, 0) is 37.8 Å². The molecule has 3 rings (SSSR count). The standard InChI is InChI=1S/C15H18FN3O2/c16-13-12(2-1-7-17-13)14(20)18-11-5-8-19(9-6-11)15(21)10-3-4-10/h1-2,7,10-11H,3-6,8-9H2,(H,18,20). The van der Waals surface area contributed by atoms with Crippen LogP contribution >= 0.6 is 0 Å². The molecular weight excluding hydrogens is 273 g/mol. The van der Waals surface area contributed by atoms with Crippen LogP contribution in [0.5, 0.6) is 0 Å². The lowest BCUT2D eigenvalue weighted by molar-refractivity contribution is -0.133. The van der Waals surface area contributed by atoms with Crippen LogP contribution in [0.4, 0.5) is 4.39 Å². The summed E-state index contributed by atoms with van der Waals surface area (Å²) >= 11 is 0. The molecule has 2 heterocycles. The number of carbonyl (C=O) groups excluding carboxylic acids is 2. The molecule has 2 amide bonds. The lowest BCUT2D eigenvalue weighted by Gasteiger charge is -2.32. The monoisotopic (exact) mass is 291 g/mol. The van der Waals surface area contributed by atoms with Crippen molar-refractivity contribution < 1.29 is 14.0 Å². The molecule has 2 fully saturated rings. The van der Waals surface area contributed by atoms with E-state index < -0.39 is 11.9 Å². The maximum absolute atomic E-state index is 13.4. The minimum absolute atomic E-state index is 0.0136. The summed E-state index contributed by atoms with van der Waals surface area (Å²) in [6.07, 6.45) is 4.76. The number of likely N-dealkylation sites (tertiary alicyclic amines) is 1. The zero-order valence-corrected chi connectivity index (χ0v) is 11.7. The largest absolute Gasteiger partial charge is 0.349 e. The molecule has 1 saturated heterocycles. The third kappa shape index (κ3) is 3.20. The molecule has 1 aromatic heterocycles. The Labute approximate surface area is 122 Å². The molecule has 112 valence electrons. The van der Waals surface area contributed by atoms with Gasteiger partial charge in [-0.2, -0.15) is 4.39 Å². The number of pyridine rings is 1. The summed E-state index contributed by atoms with van der Waals surface area (Å²) in [6.45, 7) is 1.33. The van der Waals surface area contributed by atoms with Crippen LogP contribution in [0.1, 0.15) is 36.0 Å². The smallest absolute Gasteiger partial charge is 0.256 e. The normalized spacial score (nSPS) is 19.4. The predicted octanol–water partition coefficient (Wildman–Crippen LogP) is 1.35. The van der Waals surface area contributed by atoms with Crippen molar-refractivity contribution in [3.05, 3.63) is 29.8 Å². The van der Waals surface area contributed by atoms with E-state index in [0.717, 1.165) is 12.8 Å². The van der Waals surface area contributed by atoms with Gasteiger partial charge in [0.15, 0.2) is 0 Å². The van der Waals surface area contributed by atoms with Gasteiger partial charge in [-0.1, -0.05) is 0 Å². The summed E-state index contributed by atoms with van der Waals surface area (Å²) in [5, 5.41) is 2.82. The van der Waals surface area contributed by atoms with E-state index in [4.69, 9.17) is 0 Å². The molecule has 1 saturated carbocycles. The van der Waals surface area contributed by atoms with E-state index in [1.807, 2.05) is 4.90 Å². The Balaban J connectivity index is 1.52. The Kier molecular flexibility index (Phi) is 3.86. The minimum Gasteiger partial charge on any atom is -0.349 e. The van der Waals surface area contributed by atoms with Crippen molar-refractivity contribution >= 4 is 11.8 Å². The molecule has 0 atom stereocenters. The first-order chi connectivity index (χ1) is 10.1. The second-order valence-electron chi connectivity index (χ2n) is 5.69. The number of aromatic nitrogens is 1. The Morgan fingerprint density at radius 1 is 1.24 bits per heavy atom. The summed E-state index contributed by atoms with van der Waals surface area (Å²) in [6, 6.07) is 2.94. The number of carbonyl (C=O) groups is 2. The Morgan fingerprint density at radius 2 is 1.95 bits per heavy atom. The molecule has 6 heteroatoms. The number of piperidine rings is 1. The molecule has 0 bridgehead atoms. The highest BCUT2D eigenvalue weighted by atomic mass is 19.1. The van der Waals surface area contributed by atoms with Gasteiger partial charge in [0, 0.05) is 31.2 Å². The van der Waals surface area contributed by atoms with Crippen LogP contribution in [0.25, 0.3) is 0 Å². The molecule has 1 aliphatic carbocycles. The van der Waals surface area contributed by atoms with E-state index in [2.05, 4.69) is 10.3 Å². The number of amides is 2. The zero-order valence-electron chi connectivity index (χ0n) is 11.7. The van der Waals surface area contributed by atoms with Gasteiger partial charge in [-0.3, -0.25) is 9.59 Å². The van der Waals surface area contributed by atoms with E-state index in [-0.39, 0.29) is 23.4 Å². The van der Waals surface area contributed by atoms with Crippen molar-refractivity contribution in [3.8, 4) is 0 Å². The van der Waals surface area contributed by atoms with E-state index in [9.17, 15) is 14.0 Å². The van der Waals surface area contributed by atoms with Crippen LogP contribution in [0.15, 0.2) is 18.3 Å². The fourth-order valence-electron chi connectivity index (χ4n) is 2.65. The molecule has 1 N–H and O–H groups in total. The van der Waals surface area contributed by atoms with E-state index in [1.165, 1.54) is 18.3 Å². The van der Waals surface area contributed by atoms with Crippen LogP contribution < -0.4 is 5.32 Å². The summed E-state index contributed by atoms with van der Waals surface area (Å²) in [7, 11) is 0. The van der Waals surface area contributed by atoms with Gasteiger partial charge in [-0.15, -0.1) is 0 Å². The van der Waals surface area contributed by atoms with Gasteiger partial charge in [-0.25, -0.2) is 4.98 Å². The van der Waals surface area contributed by atoms with Crippen LogP contribution in [-0.4, -0.2) is 40.8 Å². The van der Waals surface area contributed by atoms with Gasteiger partial charge >= 0.3 is 0 Å². The van der Waals surface area contributed by atoms with Crippen LogP contribution in [0.3, 0.4) is 0 Å². The summed E-state index contributed by atoms with van der Waals surface area (Å²) in [5.41, 5.74) is -0.0333. The molecule has 5 nitrogen and oxygen atoms in total. The number of hydrogen-bond donors (Lipinski definition) is 1. The molecule has 0 spiro atoms. The summed E-state index contributed by atoms with van der Waals surface area (Å²) < 4.78 is 13.4. The van der Waals surface area contributed by atoms with E-state index >= 15 is 0 Å². The Bertz CT molecular complexity index is 552. The van der Waals surface area contributed by atoms with Gasteiger partial charge in [0.2, 0.25) is 11.9 Å². The topological polar surface area (TPSA) is 62.3 Å². The third-order valence-corrected chi connectivity index (χ3v) is 4.07. The second-order valence-corrected chi connectivity index (χ2v) is 5.69. The van der Waals surface area contributed by atoms with Crippen molar-refractivity contribution in [1.29, 1.82) is 0 Å². The molecular formula is C15H18FN3O2. The predicted molar refractivity (Wildman–Crippen MR) is 74.0 cm³/mol. The van der Waals surface area contributed by atoms with Crippen molar-refractivity contribution in [2.75, 3.05) is 13.1 Å². The first-order valence-corrected chi connectivity index (χ1v) is 7.35. The Morgan fingerprint density at radius 3 is 2.57 bits per heavy atom. The Hall–Kier alpha value is -1.98. The first-order valence-electron chi connectivity index (χ1n) is 7.35. The van der Waals surface area contributed by atoms with Crippen molar-refractivity contribution in [2.24, 2.45) is 5.92 Å². The molecule has 0 radical (unpaired) electrons. The lowest BCUT2D eigenvalue weighted by Crippen LogP contribution is -2.47. The number of rotatable bonds is 3. The SMILES string of the molecule is O=C(NC1CCN(C(=O)C2CC2)CC1)c1cccnc1F. The van der Waals surface area contributed by atoms with Crippen molar-refractivity contribution in [1.82, 2.24) is 15.2 Å². The van der Waals surface area contributed by atoms with Crippen LogP contribution in [0, 0.1) is 11.9 Å². The fourth-order valence-corrected chi connectivity index (χ4v) is 2.65. The molecule has 2 aliphatic rings. The molecule has 1 aromatic rings. The number of hydrogen-bond acceptors (Lipinski definition) is 3. The fraction of sp³-hybridized carbons (Fsp3) is 0.533. The lowest BCUT2D eigenvalue weighted by atomic mass is 10.0. The summed E-state index contributed by atoms with van der Waals surface area (Å²) in [5.74, 6) is -0.706. The average Bonchev–Trinajstić information content (AvgIpc) is 3.32. The number of nitrogens with one attached hydrogen (secondary N) is 1. The highest BCUT2D eigenvalue weighted by Gasteiger charge is 2.35. The highest BCUT2D eigenvalue weighted by Crippen LogP contribution is 2.31. The van der Waals surface area contributed by atoms with Gasteiger partial charge in [0.1, 0.15) is 0 Å². The zero-order chi connectivity index (χ0) is 14.8. The van der Waals surface area contributed by atoms with Crippen LogP contribution in [0.2, 0.25) is 0 Å². The minimum atomic E-state index is -0.753. The second kappa shape index (κ2) is 5.79. The number of nitrogens with zero attached hydrogens (tertiary/aromatic N) is 2. The van der Waals surface area contributed by atoms with Crippen molar-refractivity contribution in [2.45, 2.75) is 31.7 Å².